The minimum absolute atomic E-state index is 0.0283. The van der Waals surface area contributed by atoms with Crippen LogP contribution in [0.1, 0.15) is 46.0 Å². The Morgan fingerprint density at radius 3 is 2.36 bits per heavy atom. The third-order valence-electron chi connectivity index (χ3n) is 4.25. The SMILES string of the molecule is CC(C)C1(OC(=O)/C=C\C(=O)O)CCCC(C(F)(F)F)CC1. The Bertz CT molecular complexity index is 443. The first-order chi connectivity index (χ1) is 10.1. The van der Waals surface area contributed by atoms with E-state index in [1.165, 1.54) is 0 Å². The Kier molecular flexibility index (Phi) is 6.02. The Hall–Kier alpha value is -1.53. The van der Waals surface area contributed by atoms with Crippen molar-refractivity contribution in [3.8, 4) is 0 Å². The molecule has 1 saturated carbocycles. The second-order valence-corrected chi connectivity index (χ2v) is 5.98. The van der Waals surface area contributed by atoms with Gasteiger partial charge in [-0.15, -0.1) is 0 Å². The molecule has 2 unspecified atom stereocenters. The van der Waals surface area contributed by atoms with Crippen molar-refractivity contribution in [1.29, 1.82) is 0 Å². The van der Waals surface area contributed by atoms with E-state index in [0.717, 1.165) is 6.08 Å². The summed E-state index contributed by atoms with van der Waals surface area (Å²) in [5.41, 5.74) is -0.972. The van der Waals surface area contributed by atoms with Gasteiger partial charge in [0.25, 0.3) is 0 Å². The van der Waals surface area contributed by atoms with Crippen molar-refractivity contribution in [1.82, 2.24) is 0 Å². The fourth-order valence-electron chi connectivity index (χ4n) is 2.83. The third-order valence-corrected chi connectivity index (χ3v) is 4.25. The molecule has 0 heterocycles. The molecule has 0 aromatic rings. The van der Waals surface area contributed by atoms with Crippen molar-refractivity contribution >= 4 is 11.9 Å². The van der Waals surface area contributed by atoms with Gasteiger partial charge in [0, 0.05) is 12.2 Å². The van der Waals surface area contributed by atoms with Gasteiger partial charge in [0.1, 0.15) is 5.60 Å². The van der Waals surface area contributed by atoms with E-state index in [9.17, 15) is 22.8 Å². The van der Waals surface area contributed by atoms with Crippen molar-refractivity contribution in [3.63, 3.8) is 0 Å². The first-order valence-corrected chi connectivity index (χ1v) is 7.27. The molecule has 126 valence electrons. The van der Waals surface area contributed by atoms with Crippen LogP contribution in [0.4, 0.5) is 13.2 Å². The molecule has 1 fully saturated rings. The van der Waals surface area contributed by atoms with Crippen molar-refractivity contribution in [3.05, 3.63) is 12.2 Å². The number of carbonyl (C=O) groups excluding carboxylic acids is 1. The van der Waals surface area contributed by atoms with E-state index in [1.807, 2.05) is 0 Å². The topological polar surface area (TPSA) is 63.6 Å². The summed E-state index contributed by atoms with van der Waals surface area (Å²) in [5, 5.41) is 8.49. The zero-order chi connectivity index (χ0) is 17.0. The van der Waals surface area contributed by atoms with Gasteiger partial charge in [-0.05, 0) is 38.0 Å². The zero-order valence-corrected chi connectivity index (χ0v) is 12.7. The van der Waals surface area contributed by atoms with Crippen LogP contribution in [-0.2, 0) is 14.3 Å². The number of carboxylic acid groups (broad SMARTS) is 1. The van der Waals surface area contributed by atoms with Crippen molar-refractivity contribution < 1.29 is 32.6 Å². The van der Waals surface area contributed by atoms with Gasteiger partial charge in [-0.25, -0.2) is 9.59 Å². The van der Waals surface area contributed by atoms with Crippen LogP contribution in [0.15, 0.2) is 12.2 Å². The van der Waals surface area contributed by atoms with E-state index < -0.39 is 29.6 Å². The molecule has 0 saturated heterocycles. The molecule has 22 heavy (non-hydrogen) atoms. The van der Waals surface area contributed by atoms with Gasteiger partial charge in [0.15, 0.2) is 0 Å². The number of aliphatic carboxylic acids is 1. The normalized spacial score (nSPS) is 26.9. The maximum Gasteiger partial charge on any atom is 0.391 e. The van der Waals surface area contributed by atoms with Crippen LogP contribution >= 0.6 is 0 Å². The highest BCUT2D eigenvalue weighted by atomic mass is 19.4. The number of hydrogen-bond donors (Lipinski definition) is 1. The summed E-state index contributed by atoms with van der Waals surface area (Å²) in [6, 6.07) is 0. The molecule has 2 atom stereocenters. The lowest BCUT2D eigenvalue weighted by Crippen LogP contribution is -2.40. The molecular weight excluding hydrogens is 301 g/mol. The average Bonchev–Trinajstić information content (AvgIpc) is 2.59. The summed E-state index contributed by atoms with van der Waals surface area (Å²) in [7, 11) is 0. The predicted octanol–water partition coefficient (Wildman–Crippen LogP) is 3.71. The highest BCUT2D eigenvalue weighted by molar-refractivity contribution is 5.90. The third kappa shape index (κ3) is 5.03. The van der Waals surface area contributed by atoms with Gasteiger partial charge in [-0.1, -0.05) is 13.8 Å². The quantitative estimate of drug-likeness (QED) is 0.487. The molecule has 7 heteroatoms. The van der Waals surface area contributed by atoms with Gasteiger partial charge < -0.3 is 9.84 Å². The van der Waals surface area contributed by atoms with Crippen molar-refractivity contribution in [2.45, 2.75) is 57.7 Å². The number of esters is 1. The lowest BCUT2D eigenvalue weighted by Gasteiger charge is -2.36. The van der Waals surface area contributed by atoms with E-state index in [1.54, 1.807) is 13.8 Å². The first-order valence-electron chi connectivity index (χ1n) is 7.27. The van der Waals surface area contributed by atoms with Gasteiger partial charge in [-0.3, -0.25) is 0 Å². The molecule has 1 rings (SSSR count). The van der Waals surface area contributed by atoms with Crippen molar-refractivity contribution in [2.24, 2.45) is 11.8 Å². The lowest BCUT2D eigenvalue weighted by atomic mass is 9.82. The maximum absolute atomic E-state index is 12.9. The van der Waals surface area contributed by atoms with Crippen LogP contribution in [0.25, 0.3) is 0 Å². The van der Waals surface area contributed by atoms with E-state index in [0.29, 0.717) is 18.9 Å². The van der Waals surface area contributed by atoms with Crippen LogP contribution in [0.3, 0.4) is 0 Å². The molecule has 0 bridgehead atoms. The van der Waals surface area contributed by atoms with Gasteiger partial charge in [-0.2, -0.15) is 13.2 Å². The minimum atomic E-state index is -4.24. The Labute approximate surface area is 127 Å². The average molecular weight is 322 g/mol. The molecule has 0 aromatic heterocycles. The largest absolute Gasteiger partial charge is 0.478 e. The summed E-state index contributed by atoms with van der Waals surface area (Å²) < 4.78 is 44.0. The second-order valence-electron chi connectivity index (χ2n) is 5.98. The maximum atomic E-state index is 12.9. The first kappa shape index (κ1) is 18.5. The number of carbonyl (C=O) groups is 2. The standard InChI is InChI=1S/C15H21F3O4/c1-10(2)14(22-13(21)6-5-12(19)20)8-3-4-11(7-9-14)15(16,17)18/h5-6,10-11H,3-4,7-9H2,1-2H3,(H,19,20)/b6-5-. The molecule has 0 aromatic carbocycles. The zero-order valence-electron chi connectivity index (χ0n) is 12.7. The Morgan fingerprint density at radius 2 is 1.86 bits per heavy atom. The van der Waals surface area contributed by atoms with E-state index >= 15 is 0 Å². The molecule has 0 spiro atoms. The molecule has 0 aliphatic heterocycles. The monoisotopic (exact) mass is 322 g/mol. The number of ether oxygens (including phenoxy) is 1. The highest BCUT2D eigenvalue weighted by Gasteiger charge is 2.46. The smallest absolute Gasteiger partial charge is 0.391 e. The summed E-state index contributed by atoms with van der Waals surface area (Å²) in [5.74, 6) is -3.64. The van der Waals surface area contributed by atoms with Gasteiger partial charge in [0.05, 0.1) is 5.92 Å². The molecule has 0 radical (unpaired) electrons. The molecule has 4 nitrogen and oxygen atoms in total. The fourth-order valence-corrected chi connectivity index (χ4v) is 2.83. The highest BCUT2D eigenvalue weighted by Crippen LogP contribution is 2.43. The Morgan fingerprint density at radius 1 is 1.23 bits per heavy atom. The number of hydrogen-bond acceptors (Lipinski definition) is 3. The molecular formula is C15H21F3O4. The Balaban J connectivity index is 2.84. The molecule has 1 N–H and O–H groups in total. The molecule has 0 amide bonds. The van der Waals surface area contributed by atoms with Gasteiger partial charge in [0.2, 0.25) is 0 Å². The van der Waals surface area contributed by atoms with E-state index in [2.05, 4.69) is 0 Å². The van der Waals surface area contributed by atoms with Crippen LogP contribution in [0, 0.1) is 11.8 Å². The van der Waals surface area contributed by atoms with E-state index in [-0.39, 0.29) is 25.2 Å². The molecule has 1 aliphatic rings. The van der Waals surface area contributed by atoms with E-state index in [4.69, 9.17) is 9.84 Å². The van der Waals surface area contributed by atoms with Crippen LogP contribution in [0.5, 0.6) is 0 Å². The number of rotatable bonds is 4. The molecule has 1 aliphatic carbocycles. The number of alkyl halides is 3. The summed E-state index contributed by atoms with van der Waals surface area (Å²) in [6.07, 6.45) is -2.05. The minimum Gasteiger partial charge on any atom is -0.478 e. The lowest BCUT2D eigenvalue weighted by molar-refractivity contribution is -0.179. The predicted molar refractivity (Wildman–Crippen MR) is 73.1 cm³/mol. The van der Waals surface area contributed by atoms with Crippen LogP contribution in [0.2, 0.25) is 0 Å². The second kappa shape index (κ2) is 7.15. The number of carboxylic acids is 1. The van der Waals surface area contributed by atoms with Crippen LogP contribution < -0.4 is 0 Å². The summed E-state index contributed by atoms with van der Waals surface area (Å²) >= 11 is 0. The van der Waals surface area contributed by atoms with Crippen LogP contribution in [-0.4, -0.2) is 28.8 Å². The summed E-state index contributed by atoms with van der Waals surface area (Å²) in [6.45, 7) is 3.59. The fraction of sp³-hybridized carbons (Fsp3) is 0.733. The van der Waals surface area contributed by atoms with Crippen molar-refractivity contribution in [2.75, 3.05) is 0 Å². The number of halogens is 3. The summed E-state index contributed by atoms with van der Waals surface area (Å²) in [4.78, 5) is 22.1. The van der Waals surface area contributed by atoms with Gasteiger partial charge >= 0.3 is 18.1 Å².